The molecule has 0 saturated carbocycles. The fourth-order valence-electron chi connectivity index (χ4n) is 2.13. The monoisotopic (exact) mass is 324 g/mol. The third-order valence-corrected chi connectivity index (χ3v) is 5.71. The lowest BCUT2D eigenvalue weighted by Crippen LogP contribution is -2.52. The number of ether oxygens (including phenoxy) is 1. The predicted molar refractivity (Wildman–Crippen MR) is 73.0 cm³/mol. The van der Waals surface area contributed by atoms with Crippen LogP contribution in [-0.4, -0.2) is 43.0 Å². The molecule has 1 aliphatic rings. The van der Waals surface area contributed by atoms with Crippen molar-refractivity contribution in [3.8, 4) is 0 Å². The Balaban J connectivity index is 2.43. The van der Waals surface area contributed by atoms with E-state index >= 15 is 0 Å². The summed E-state index contributed by atoms with van der Waals surface area (Å²) in [5, 5.41) is 0.208. The molecule has 0 spiro atoms. The van der Waals surface area contributed by atoms with Gasteiger partial charge in [0.1, 0.15) is 10.0 Å². The minimum Gasteiger partial charge on any atom is -0.378 e. The van der Waals surface area contributed by atoms with Crippen molar-refractivity contribution in [3.63, 3.8) is 0 Å². The van der Waals surface area contributed by atoms with Crippen molar-refractivity contribution >= 4 is 33.2 Å². The lowest BCUT2D eigenvalue weighted by molar-refractivity contribution is 0.00635. The van der Waals surface area contributed by atoms with Gasteiger partial charge < -0.3 is 4.74 Å². The van der Waals surface area contributed by atoms with E-state index in [0.29, 0.717) is 13.2 Å². The van der Waals surface area contributed by atoms with E-state index in [1.54, 1.807) is 13.8 Å². The Hall–Kier alpha value is -0.400. The van der Waals surface area contributed by atoms with E-state index < -0.39 is 10.0 Å². The third kappa shape index (κ3) is 2.87. The molecule has 2 atom stereocenters. The topological polar surface area (TPSA) is 59.5 Å². The smallest absolute Gasteiger partial charge is 0.245 e. The van der Waals surface area contributed by atoms with Gasteiger partial charge >= 0.3 is 0 Å². The van der Waals surface area contributed by atoms with Gasteiger partial charge in [0.2, 0.25) is 10.0 Å². The first-order chi connectivity index (χ1) is 8.84. The summed E-state index contributed by atoms with van der Waals surface area (Å²) in [5.41, 5.74) is 0. The van der Waals surface area contributed by atoms with Gasteiger partial charge in [-0.05, 0) is 19.9 Å². The molecule has 1 aromatic rings. The number of hydrogen-bond acceptors (Lipinski definition) is 4. The Morgan fingerprint density at radius 3 is 2.42 bits per heavy atom. The number of aromatic nitrogens is 1. The number of sulfonamides is 1. The SMILES string of the molecule is CC1COCC(C)N1S(=O)(=O)c1cnc(Cl)c(Cl)c1. The van der Waals surface area contributed by atoms with Crippen molar-refractivity contribution in [2.45, 2.75) is 30.8 Å². The van der Waals surface area contributed by atoms with Crippen LogP contribution in [0.3, 0.4) is 0 Å². The standard InChI is InChI=1S/C11H14Cl2N2O3S/c1-7-5-18-6-8(2)15(7)19(16,17)9-3-10(12)11(13)14-4-9/h3-4,7-8H,5-6H2,1-2H3. The largest absolute Gasteiger partial charge is 0.378 e. The molecule has 0 aromatic carbocycles. The van der Waals surface area contributed by atoms with Crippen molar-refractivity contribution in [2.24, 2.45) is 0 Å². The van der Waals surface area contributed by atoms with E-state index in [-0.39, 0.29) is 27.2 Å². The average molecular weight is 325 g/mol. The highest BCUT2D eigenvalue weighted by Crippen LogP contribution is 2.27. The van der Waals surface area contributed by atoms with Crippen LogP contribution in [-0.2, 0) is 14.8 Å². The first-order valence-corrected chi connectivity index (χ1v) is 7.96. The molecule has 1 aliphatic heterocycles. The van der Waals surface area contributed by atoms with Gasteiger partial charge in [-0.15, -0.1) is 0 Å². The average Bonchev–Trinajstić information content (AvgIpc) is 2.32. The molecule has 0 bridgehead atoms. The molecular formula is C11H14Cl2N2O3S. The fourth-order valence-corrected chi connectivity index (χ4v) is 4.23. The van der Waals surface area contributed by atoms with Crippen LogP contribution in [0.1, 0.15) is 13.8 Å². The van der Waals surface area contributed by atoms with Gasteiger partial charge in [-0.1, -0.05) is 23.2 Å². The lowest BCUT2D eigenvalue weighted by Gasteiger charge is -2.37. The van der Waals surface area contributed by atoms with Gasteiger partial charge in [0.25, 0.3) is 0 Å². The molecule has 0 amide bonds. The van der Waals surface area contributed by atoms with E-state index in [4.69, 9.17) is 27.9 Å². The molecule has 0 aliphatic carbocycles. The van der Waals surface area contributed by atoms with Gasteiger partial charge in [-0.3, -0.25) is 0 Å². The summed E-state index contributed by atoms with van der Waals surface area (Å²) in [7, 11) is -3.65. The first-order valence-electron chi connectivity index (χ1n) is 5.76. The van der Waals surface area contributed by atoms with E-state index in [9.17, 15) is 8.42 Å². The highest BCUT2D eigenvalue weighted by molar-refractivity contribution is 7.89. The van der Waals surface area contributed by atoms with E-state index in [1.807, 2.05) is 0 Å². The number of halogens is 2. The number of pyridine rings is 1. The summed E-state index contributed by atoms with van der Waals surface area (Å²) in [5.74, 6) is 0. The molecule has 2 rings (SSSR count). The molecule has 0 N–H and O–H groups in total. The number of morpholine rings is 1. The molecule has 19 heavy (non-hydrogen) atoms. The van der Waals surface area contributed by atoms with Crippen molar-refractivity contribution < 1.29 is 13.2 Å². The minimum absolute atomic E-state index is 0.0440. The highest BCUT2D eigenvalue weighted by atomic mass is 35.5. The van der Waals surface area contributed by atoms with Crippen LogP contribution in [0, 0.1) is 0 Å². The molecule has 2 unspecified atom stereocenters. The Bertz CT molecular complexity index is 569. The number of hydrogen-bond donors (Lipinski definition) is 0. The van der Waals surface area contributed by atoms with Gasteiger partial charge in [0.15, 0.2) is 0 Å². The van der Waals surface area contributed by atoms with Crippen molar-refractivity contribution in [2.75, 3.05) is 13.2 Å². The second-order valence-electron chi connectivity index (χ2n) is 4.51. The van der Waals surface area contributed by atoms with Gasteiger partial charge in [-0.25, -0.2) is 13.4 Å². The van der Waals surface area contributed by atoms with E-state index in [1.165, 1.54) is 16.6 Å². The zero-order valence-electron chi connectivity index (χ0n) is 10.5. The molecule has 8 heteroatoms. The molecule has 1 fully saturated rings. The quantitative estimate of drug-likeness (QED) is 0.782. The summed E-state index contributed by atoms with van der Waals surface area (Å²) in [6, 6.07) is 0.854. The van der Waals surface area contributed by atoms with E-state index in [0.717, 1.165) is 0 Å². The molecule has 5 nitrogen and oxygen atoms in total. The van der Waals surface area contributed by atoms with Crippen LogP contribution in [0.15, 0.2) is 17.2 Å². The Labute approximate surface area is 122 Å². The Morgan fingerprint density at radius 1 is 1.32 bits per heavy atom. The van der Waals surface area contributed by atoms with Crippen molar-refractivity contribution in [3.05, 3.63) is 22.4 Å². The van der Waals surface area contributed by atoms with Crippen LogP contribution < -0.4 is 0 Å². The second kappa shape index (κ2) is 5.54. The predicted octanol–water partition coefficient (Wildman–Crippen LogP) is 2.19. The first kappa shape index (κ1) is 15.0. The Morgan fingerprint density at radius 2 is 1.89 bits per heavy atom. The minimum atomic E-state index is -3.65. The zero-order valence-corrected chi connectivity index (χ0v) is 12.8. The van der Waals surface area contributed by atoms with E-state index in [2.05, 4.69) is 4.98 Å². The maximum absolute atomic E-state index is 12.6. The van der Waals surface area contributed by atoms with Crippen LogP contribution in [0.25, 0.3) is 0 Å². The molecule has 1 saturated heterocycles. The number of rotatable bonds is 2. The molecule has 1 aromatic heterocycles. The van der Waals surface area contributed by atoms with Gasteiger partial charge in [-0.2, -0.15) is 4.31 Å². The zero-order chi connectivity index (χ0) is 14.2. The van der Waals surface area contributed by atoms with Crippen molar-refractivity contribution in [1.82, 2.24) is 9.29 Å². The summed E-state index contributed by atoms with van der Waals surface area (Å²) in [4.78, 5) is 3.83. The van der Waals surface area contributed by atoms with Crippen LogP contribution >= 0.6 is 23.2 Å². The molecule has 106 valence electrons. The number of nitrogens with zero attached hydrogens (tertiary/aromatic N) is 2. The van der Waals surface area contributed by atoms with Crippen LogP contribution in [0.2, 0.25) is 10.2 Å². The van der Waals surface area contributed by atoms with Crippen LogP contribution in [0.5, 0.6) is 0 Å². The summed E-state index contributed by atoms with van der Waals surface area (Å²) in [6.07, 6.45) is 1.22. The van der Waals surface area contributed by atoms with Crippen LogP contribution in [0.4, 0.5) is 0 Å². The van der Waals surface area contributed by atoms with Gasteiger partial charge in [0, 0.05) is 18.3 Å². The summed E-state index contributed by atoms with van der Waals surface area (Å²) < 4.78 is 32.0. The molecule has 2 heterocycles. The van der Waals surface area contributed by atoms with Crippen molar-refractivity contribution in [1.29, 1.82) is 0 Å². The normalized spacial score (nSPS) is 25.5. The fraction of sp³-hybridized carbons (Fsp3) is 0.545. The molecule has 0 radical (unpaired) electrons. The highest BCUT2D eigenvalue weighted by Gasteiger charge is 2.36. The molecular weight excluding hydrogens is 311 g/mol. The summed E-state index contributed by atoms with van der Waals surface area (Å²) in [6.45, 7) is 4.35. The third-order valence-electron chi connectivity index (χ3n) is 2.93. The summed E-state index contributed by atoms with van der Waals surface area (Å²) >= 11 is 11.5. The Kier molecular flexibility index (Phi) is 4.37. The van der Waals surface area contributed by atoms with Gasteiger partial charge in [0.05, 0.1) is 18.2 Å². The second-order valence-corrected chi connectivity index (χ2v) is 7.12. The maximum atomic E-state index is 12.6. The lowest BCUT2D eigenvalue weighted by atomic mass is 10.2. The maximum Gasteiger partial charge on any atom is 0.245 e.